The molecule has 132 valence electrons. The van der Waals surface area contributed by atoms with Crippen LogP contribution in [0.3, 0.4) is 0 Å². The van der Waals surface area contributed by atoms with Crippen LogP contribution in [0.25, 0.3) is 0 Å². The van der Waals surface area contributed by atoms with Crippen LogP contribution in [0.5, 0.6) is 5.75 Å². The van der Waals surface area contributed by atoms with Crippen molar-refractivity contribution in [1.82, 2.24) is 4.90 Å². The number of piperidine rings is 1. The van der Waals surface area contributed by atoms with Gasteiger partial charge in [0.1, 0.15) is 5.75 Å². The Hall–Kier alpha value is -2.53. The highest BCUT2D eigenvalue weighted by Crippen LogP contribution is 2.25. The standard InChI is InChI=1S/C20H24N2O3/c23-17-9-6-13-22(15-17)20(24)21-18-10-4-5-11-19(18)25-14-12-16-7-2-1-3-8-16/h1-5,7-8,10-11,17,23H,6,9,12-15H2,(H,21,24). The Kier molecular flexibility index (Phi) is 5.90. The van der Waals surface area contributed by atoms with Gasteiger partial charge in [0.05, 0.1) is 18.4 Å². The molecule has 5 heteroatoms. The first-order chi connectivity index (χ1) is 12.2. The van der Waals surface area contributed by atoms with E-state index in [-0.39, 0.29) is 6.03 Å². The van der Waals surface area contributed by atoms with Gasteiger partial charge in [-0.25, -0.2) is 4.79 Å². The number of urea groups is 1. The number of benzene rings is 2. The summed E-state index contributed by atoms with van der Waals surface area (Å²) in [5, 5.41) is 12.6. The number of β-amino-alcohol motifs (C(OH)–C–C–N with tert-alkyl or cyclic N) is 1. The monoisotopic (exact) mass is 340 g/mol. The minimum atomic E-state index is -0.433. The summed E-state index contributed by atoms with van der Waals surface area (Å²) in [6.45, 7) is 1.59. The van der Waals surface area contributed by atoms with Gasteiger partial charge < -0.3 is 20.1 Å². The van der Waals surface area contributed by atoms with Crippen LogP contribution in [0.1, 0.15) is 18.4 Å². The number of carbonyl (C=O) groups is 1. The van der Waals surface area contributed by atoms with Crippen LogP contribution in [-0.4, -0.2) is 41.8 Å². The van der Waals surface area contributed by atoms with Crippen molar-refractivity contribution in [3.63, 3.8) is 0 Å². The third-order valence-corrected chi connectivity index (χ3v) is 4.30. The van der Waals surface area contributed by atoms with E-state index >= 15 is 0 Å². The third kappa shape index (κ3) is 4.97. The highest BCUT2D eigenvalue weighted by atomic mass is 16.5. The zero-order valence-electron chi connectivity index (χ0n) is 14.2. The van der Waals surface area contributed by atoms with Crippen molar-refractivity contribution < 1.29 is 14.6 Å². The molecular weight excluding hydrogens is 316 g/mol. The summed E-state index contributed by atoms with van der Waals surface area (Å²) < 4.78 is 5.87. The van der Waals surface area contributed by atoms with Gasteiger partial charge in [-0.05, 0) is 30.5 Å². The SMILES string of the molecule is O=C(Nc1ccccc1OCCc1ccccc1)N1CCCC(O)C1. The molecule has 2 aromatic carbocycles. The number of ether oxygens (including phenoxy) is 1. The van der Waals surface area contributed by atoms with Gasteiger partial charge in [-0.3, -0.25) is 0 Å². The predicted octanol–water partition coefficient (Wildman–Crippen LogP) is 3.30. The summed E-state index contributed by atoms with van der Waals surface area (Å²) in [6.07, 6.45) is 1.95. The molecule has 0 saturated carbocycles. The number of rotatable bonds is 5. The average Bonchev–Trinajstić information content (AvgIpc) is 2.64. The molecule has 2 amide bonds. The number of carbonyl (C=O) groups excluding carboxylic acids is 1. The van der Waals surface area contributed by atoms with Crippen LogP contribution in [0.2, 0.25) is 0 Å². The Morgan fingerprint density at radius 2 is 1.92 bits per heavy atom. The summed E-state index contributed by atoms with van der Waals surface area (Å²) in [6, 6.07) is 17.4. The molecule has 25 heavy (non-hydrogen) atoms. The van der Waals surface area contributed by atoms with Crippen molar-refractivity contribution in [1.29, 1.82) is 0 Å². The Morgan fingerprint density at radius 3 is 2.72 bits per heavy atom. The molecule has 1 unspecified atom stereocenters. The van der Waals surface area contributed by atoms with Gasteiger partial charge >= 0.3 is 6.03 Å². The molecule has 0 aromatic heterocycles. The van der Waals surface area contributed by atoms with Crippen molar-refractivity contribution in [2.75, 3.05) is 25.0 Å². The molecule has 0 radical (unpaired) electrons. The van der Waals surface area contributed by atoms with Gasteiger partial charge in [-0.2, -0.15) is 0 Å². The Bertz CT molecular complexity index is 690. The molecule has 0 aliphatic carbocycles. The fourth-order valence-corrected chi connectivity index (χ4v) is 2.95. The summed E-state index contributed by atoms with van der Waals surface area (Å²) >= 11 is 0. The fraction of sp³-hybridized carbons (Fsp3) is 0.350. The quantitative estimate of drug-likeness (QED) is 0.878. The summed E-state index contributed by atoms with van der Waals surface area (Å²) in [4.78, 5) is 14.1. The van der Waals surface area contributed by atoms with Gasteiger partial charge in [0.15, 0.2) is 0 Å². The summed E-state index contributed by atoms with van der Waals surface area (Å²) in [5.41, 5.74) is 1.87. The minimum absolute atomic E-state index is 0.196. The van der Waals surface area contributed by atoms with E-state index in [0.717, 1.165) is 19.3 Å². The molecule has 0 spiro atoms. The van der Waals surface area contributed by atoms with E-state index in [9.17, 15) is 9.90 Å². The van der Waals surface area contributed by atoms with Crippen LogP contribution >= 0.6 is 0 Å². The first-order valence-corrected chi connectivity index (χ1v) is 8.72. The highest BCUT2D eigenvalue weighted by Gasteiger charge is 2.22. The molecule has 1 aliphatic heterocycles. The van der Waals surface area contributed by atoms with Crippen molar-refractivity contribution in [3.05, 3.63) is 60.2 Å². The normalized spacial score (nSPS) is 17.2. The zero-order chi connectivity index (χ0) is 17.5. The minimum Gasteiger partial charge on any atom is -0.491 e. The highest BCUT2D eigenvalue weighted by molar-refractivity contribution is 5.91. The van der Waals surface area contributed by atoms with Crippen LogP contribution in [-0.2, 0) is 6.42 Å². The largest absolute Gasteiger partial charge is 0.491 e. The lowest BCUT2D eigenvalue weighted by atomic mass is 10.1. The van der Waals surface area contributed by atoms with Gasteiger partial charge in [-0.1, -0.05) is 42.5 Å². The molecule has 5 nitrogen and oxygen atoms in total. The van der Waals surface area contributed by atoms with E-state index < -0.39 is 6.10 Å². The van der Waals surface area contributed by atoms with Crippen molar-refractivity contribution >= 4 is 11.7 Å². The van der Waals surface area contributed by atoms with Crippen molar-refractivity contribution in [3.8, 4) is 5.75 Å². The number of likely N-dealkylation sites (tertiary alicyclic amines) is 1. The zero-order valence-corrected chi connectivity index (χ0v) is 14.2. The number of hydrogen-bond donors (Lipinski definition) is 2. The Morgan fingerprint density at radius 1 is 1.16 bits per heavy atom. The second kappa shape index (κ2) is 8.53. The number of hydrogen-bond acceptors (Lipinski definition) is 3. The fourth-order valence-electron chi connectivity index (χ4n) is 2.95. The van der Waals surface area contributed by atoms with E-state index in [2.05, 4.69) is 17.4 Å². The molecule has 0 bridgehead atoms. The van der Waals surface area contributed by atoms with Gasteiger partial charge in [-0.15, -0.1) is 0 Å². The lowest BCUT2D eigenvalue weighted by Gasteiger charge is -2.30. The second-order valence-electron chi connectivity index (χ2n) is 6.25. The van der Waals surface area contributed by atoms with Crippen LogP contribution in [0.4, 0.5) is 10.5 Å². The molecular formula is C20H24N2O3. The molecule has 2 aromatic rings. The first kappa shape index (κ1) is 17.3. The van der Waals surface area contributed by atoms with Gasteiger partial charge in [0, 0.05) is 19.5 Å². The van der Waals surface area contributed by atoms with Crippen LogP contribution < -0.4 is 10.1 Å². The number of aliphatic hydroxyl groups is 1. The number of nitrogens with zero attached hydrogens (tertiary/aromatic N) is 1. The molecule has 1 heterocycles. The molecule has 1 fully saturated rings. The molecule has 3 rings (SSSR count). The van der Waals surface area contributed by atoms with E-state index in [0.29, 0.717) is 31.1 Å². The lowest BCUT2D eigenvalue weighted by Crippen LogP contribution is -2.44. The smallest absolute Gasteiger partial charge is 0.322 e. The topological polar surface area (TPSA) is 61.8 Å². The third-order valence-electron chi connectivity index (χ3n) is 4.30. The van der Waals surface area contributed by atoms with E-state index in [1.54, 1.807) is 4.90 Å². The van der Waals surface area contributed by atoms with Crippen LogP contribution in [0, 0.1) is 0 Å². The summed E-state index contributed by atoms with van der Waals surface area (Å²) in [7, 11) is 0. The molecule has 1 aliphatic rings. The summed E-state index contributed by atoms with van der Waals surface area (Å²) in [5.74, 6) is 0.657. The van der Waals surface area contributed by atoms with Crippen LogP contribution in [0.15, 0.2) is 54.6 Å². The second-order valence-corrected chi connectivity index (χ2v) is 6.25. The van der Waals surface area contributed by atoms with Gasteiger partial charge in [0.2, 0.25) is 0 Å². The lowest BCUT2D eigenvalue weighted by molar-refractivity contribution is 0.0883. The number of para-hydroxylation sites is 2. The van der Waals surface area contributed by atoms with E-state index in [1.165, 1.54) is 5.56 Å². The maximum atomic E-state index is 12.4. The Labute approximate surface area is 148 Å². The first-order valence-electron chi connectivity index (χ1n) is 8.72. The van der Waals surface area contributed by atoms with E-state index in [4.69, 9.17) is 4.74 Å². The van der Waals surface area contributed by atoms with Crippen molar-refractivity contribution in [2.24, 2.45) is 0 Å². The predicted molar refractivity (Wildman–Crippen MR) is 97.9 cm³/mol. The maximum Gasteiger partial charge on any atom is 0.322 e. The molecule has 1 saturated heterocycles. The number of anilines is 1. The maximum absolute atomic E-state index is 12.4. The number of aliphatic hydroxyl groups excluding tert-OH is 1. The van der Waals surface area contributed by atoms with Gasteiger partial charge in [0.25, 0.3) is 0 Å². The molecule has 1 atom stereocenters. The van der Waals surface area contributed by atoms with Crippen molar-refractivity contribution in [2.45, 2.75) is 25.4 Å². The molecule has 2 N–H and O–H groups in total. The van der Waals surface area contributed by atoms with E-state index in [1.807, 2.05) is 42.5 Å². The Balaban J connectivity index is 1.57. The number of amides is 2. The number of nitrogens with one attached hydrogen (secondary N) is 1. The average molecular weight is 340 g/mol.